The number of nitrogens with zero attached hydrogens (tertiary/aromatic N) is 1. The van der Waals surface area contributed by atoms with Gasteiger partial charge in [0.1, 0.15) is 0 Å². The molecule has 0 spiro atoms. The zero-order valence-electron chi connectivity index (χ0n) is 8.58. The van der Waals surface area contributed by atoms with Gasteiger partial charge in [0.25, 0.3) is 0 Å². The van der Waals surface area contributed by atoms with Crippen molar-refractivity contribution < 1.29 is 5.11 Å². The molecule has 1 rings (SSSR count). The average Bonchev–Trinajstić information content (AvgIpc) is 2.14. The van der Waals surface area contributed by atoms with Gasteiger partial charge in [-0.15, -0.1) is 0 Å². The summed E-state index contributed by atoms with van der Waals surface area (Å²) in [6.45, 7) is 4.93. The second-order valence-corrected chi connectivity index (χ2v) is 3.93. The number of hydrogen-bond donors (Lipinski definition) is 2. The fraction of sp³-hybridized carbons (Fsp3) is 1.00. The lowest BCUT2D eigenvalue weighted by atomic mass is 10.0. The first kappa shape index (κ1) is 11.0. The fourth-order valence-electron chi connectivity index (χ4n) is 2.15. The molecule has 0 aromatic rings. The van der Waals surface area contributed by atoms with Gasteiger partial charge in [-0.05, 0) is 38.8 Å². The molecule has 1 fully saturated rings. The summed E-state index contributed by atoms with van der Waals surface area (Å²) in [6, 6.07) is 0.583. The van der Waals surface area contributed by atoms with Crippen LogP contribution in [0.3, 0.4) is 0 Å². The molecule has 1 aliphatic rings. The maximum Gasteiger partial charge on any atom is 0.0667 e. The number of likely N-dealkylation sites (tertiary alicyclic amines) is 1. The van der Waals surface area contributed by atoms with Gasteiger partial charge in [-0.2, -0.15) is 0 Å². The van der Waals surface area contributed by atoms with Gasteiger partial charge in [0.15, 0.2) is 0 Å². The van der Waals surface area contributed by atoms with E-state index in [9.17, 15) is 5.11 Å². The Bertz CT molecular complexity index is 141. The van der Waals surface area contributed by atoms with E-state index in [1.807, 2.05) is 0 Å². The van der Waals surface area contributed by atoms with E-state index in [1.54, 1.807) is 0 Å². The van der Waals surface area contributed by atoms with Crippen LogP contribution in [0.2, 0.25) is 0 Å². The second-order valence-electron chi connectivity index (χ2n) is 3.93. The van der Waals surface area contributed by atoms with Crippen LogP contribution in [0.15, 0.2) is 0 Å². The summed E-state index contributed by atoms with van der Waals surface area (Å²) in [6.07, 6.45) is 4.19. The molecule has 0 amide bonds. The van der Waals surface area contributed by atoms with E-state index >= 15 is 0 Å². The summed E-state index contributed by atoms with van der Waals surface area (Å²) in [5.41, 5.74) is 5.56. The summed E-state index contributed by atoms with van der Waals surface area (Å²) in [4.78, 5) is 2.39. The van der Waals surface area contributed by atoms with E-state index in [-0.39, 0.29) is 6.10 Å². The minimum Gasteiger partial charge on any atom is -0.392 e. The van der Waals surface area contributed by atoms with Crippen molar-refractivity contribution in [2.45, 2.75) is 44.8 Å². The summed E-state index contributed by atoms with van der Waals surface area (Å²) >= 11 is 0. The van der Waals surface area contributed by atoms with E-state index in [0.717, 1.165) is 45.3 Å². The molecule has 3 heteroatoms. The van der Waals surface area contributed by atoms with Gasteiger partial charge in [0.05, 0.1) is 6.10 Å². The molecule has 0 radical (unpaired) electrons. The van der Waals surface area contributed by atoms with Gasteiger partial charge in [-0.3, -0.25) is 4.90 Å². The number of nitrogens with two attached hydrogens (primary N) is 1. The highest BCUT2D eigenvalue weighted by molar-refractivity contribution is 4.78. The zero-order valence-corrected chi connectivity index (χ0v) is 8.58. The van der Waals surface area contributed by atoms with Gasteiger partial charge in [-0.25, -0.2) is 0 Å². The van der Waals surface area contributed by atoms with E-state index in [1.165, 1.54) is 0 Å². The van der Waals surface area contributed by atoms with E-state index in [2.05, 4.69) is 11.8 Å². The van der Waals surface area contributed by atoms with Crippen LogP contribution >= 0.6 is 0 Å². The Morgan fingerprint density at radius 1 is 1.62 bits per heavy atom. The van der Waals surface area contributed by atoms with Crippen LogP contribution in [-0.2, 0) is 0 Å². The van der Waals surface area contributed by atoms with Crippen LogP contribution in [-0.4, -0.2) is 41.8 Å². The standard InChI is InChI=1S/C10H22N2O/c1-2-9(5-6-11)12-7-3-4-10(13)8-12/h9-10,13H,2-8,11H2,1H3. The normalized spacial score (nSPS) is 27.5. The quantitative estimate of drug-likeness (QED) is 0.675. The molecular weight excluding hydrogens is 164 g/mol. The van der Waals surface area contributed by atoms with Gasteiger partial charge in [0.2, 0.25) is 0 Å². The minimum absolute atomic E-state index is 0.111. The first-order chi connectivity index (χ1) is 6.27. The fourth-order valence-corrected chi connectivity index (χ4v) is 2.15. The molecule has 1 heterocycles. The maximum absolute atomic E-state index is 9.52. The molecule has 78 valence electrons. The predicted octanol–water partition coefficient (Wildman–Crippen LogP) is 0.571. The molecular formula is C10H22N2O. The van der Waals surface area contributed by atoms with Gasteiger partial charge < -0.3 is 10.8 Å². The van der Waals surface area contributed by atoms with Crippen LogP contribution in [0.1, 0.15) is 32.6 Å². The molecule has 1 saturated heterocycles. The SMILES string of the molecule is CCC(CCN)N1CCCC(O)C1. The molecule has 3 N–H and O–H groups in total. The Morgan fingerprint density at radius 2 is 2.38 bits per heavy atom. The van der Waals surface area contributed by atoms with Crippen molar-refractivity contribution in [2.24, 2.45) is 5.73 Å². The predicted molar refractivity (Wildman–Crippen MR) is 54.6 cm³/mol. The molecule has 0 aromatic carbocycles. The van der Waals surface area contributed by atoms with E-state index < -0.39 is 0 Å². The van der Waals surface area contributed by atoms with Crippen molar-refractivity contribution in [1.29, 1.82) is 0 Å². The lowest BCUT2D eigenvalue weighted by molar-refractivity contribution is 0.0436. The third-order valence-electron chi connectivity index (χ3n) is 2.92. The Balaban J connectivity index is 2.37. The lowest BCUT2D eigenvalue weighted by Gasteiger charge is -2.36. The Kier molecular flexibility index (Phi) is 4.70. The number of aliphatic hydroxyl groups is 1. The molecule has 3 nitrogen and oxygen atoms in total. The average molecular weight is 186 g/mol. The third kappa shape index (κ3) is 3.25. The molecule has 2 unspecified atom stereocenters. The summed E-state index contributed by atoms with van der Waals surface area (Å²) in [5.74, 6) is 0. The Morgan fingerprint density at radius 3 is 2.92 bits per heavy atom. The third-order valence-corrected chi connectivity index (χ3v) is 2.92. The highest BCUT2D eigenvalue weighted by Crippen LogP contribution is 2.16. The van der Waals surface area contributed by atoms with Crippen LogP contribution in [0.25, 0.3) is 0 Å². The van der Waals surface area contributed by atoms with Gasteiger partial charge in [-0.1, -0.05) is 6.92 Å². The van der Waals surface area contributed by atoms with Crippen molar-refractivity contribution in [1.82, 2.24) is 4.90 Å². The van der Waals surface area contributed by atoms with E-state index in [0.29, 0.717) is 6.04 Å². The number of piperidine rings is 1. The van der Waals surface area contributed by atoms with Crippen molar-refractivity contribution in [3.8, 4) is 0 Å². The Hall–Kier alpha value is -0.120. The van der Waals surface area contributed by atoms with Crippen molar-refractivity contribution in [2.75, 3.05) is 19.6 Å². The topological polar surface area (TPSA) is 49.5 Å². The highest BCUT2D eigenvalue weighted by atomic mass is 16.3. The van der Waals surface area contributed by atoms with Gasteiger partial charge in [0, 0.05) is 12.6 Å². The van der Waals surface area contributed by atoms with Gasteiger partial charge >= 0.3 is 0 Å². The van der Waals surface area contributed by atoms with Crippen LogP contribution in [0.5, 0.6) is 0 Å². The number of aliphatic hydroxyl groups excluding tert-OH is 1. The first-order valence-electron chi connectivity index (χ1n) is 5.40. The monoisotopic (exact) mass is 186 g/mol. The maximum atomic E-state index is 9.52. The summed E-state index contributed by atoms with van der Waals surface area (Å²) in [5, 5.41) is 9.52. The molecule has 0 aliphatic carbocycles. The zero-order chi connectivity index (χ0) is 9.68. The molecule has 0 saturated carbocycles. The number of β-amino-alcohol motifs (C(OH)–C–C–N with tert-alkyl or cyclic N) is 1. The number of rotatable bonds is 4. The summed E-state index contributed by atoms with van der Waals surface area (Å²) < 4.78 is 0. The molecule has 1 aliphatic heterocycles. The van der Waals surface area contributed by atoms with Crippen molar-refractivity contribution >= 4 is 0 Å². The van der Waals surface area contributed by atoms with Crippen LogP contribution < -0.4 is 5.73 Å². The number of hydrogen-bond acceptors (Lipinski definition) is 3. The molecule has 0 aromatic heterocycles. The largest absolute Gasteiger partial charge is 0.392 e. The second kappa shape index (κ2) is 5.58. The highest BCUT2D eigenvalue weighted by Gasteiger charge is 2.22. The minimum atomic E-state index is -0.111. The molecule has 13 heavy (non-hydrogen) atoms. The van der Waals surface area contributed by atoms with Crippen LogP contribution in [0, 0.1) is 0 Å². The van der Waals surface area contributed by atoms with Crippen LogP contribution in [0.4, 0.5) is 0 Å². The lowest BCUT2D eigenvalue weighted by Crippen LogP contribution is -2.45. The smallest absolute Gasteiger partial charge is 0.0667 e. The van der Waals surface area contributed by atoms with Crippen molar-refractivity contribution in [3.63, 3.8) is 0 Å². The Labute approximate surface area is 80.9 Å². The molecule has 0 bridgehead atoms. The first-order valence-corrected chi connectivity index (χ1v) is 5.40. The molecule has 2 atom stereocenters. The van der Waals surface area contributed by atoms with E-state index in [4.69, 9.17) is 5.73 Å². The van der Waals surface area contributed by atoms with Crippen molar-refractivity contribution in [3.05, 3.63) is 0 Å². The summed E-state index contributed by atoms with van der Waals surface area (Å²) in [7, 11) is 0.